The molecule has 106 valence electrons. The summed E-state index contributed by atoms with van der Waals surface area (Å²) in [6, 6.07) is 5.18. The molecular formula is C12H15Cl2NO3S. The van der Waals surface area contributed by atoms with Gasteiger partial charge in [-0.25, -0.2) is 8.42 Å². The van der Waals surface area contributed by atoms with Crippen LogP contribution in [0.3, 0.4) is 0 Å². The summed E-state index contributed by atoms with van der Waals surface area (Å²) in [5.41, 5.74) is -0.312. The number of halogens is 2. The Morgan fingerprint density at radius 3 is 2.68 bits per heavy atom. The van der Waals surface area contributed by atoms with E-state index in [-0.39, 0.29) is 24.5 Å². The largest absolute Gasteiger partial charge is 0.387 e. The zero-order valence-corrected chi connectivity index (χ0v) is 12.5. The maximum atomic E-state index is 11.3. The molecule has 0 radical (unpaired) electrons. The maximum absolute atomic E-state index is 11.3. The molecule has 0 aromatic heterocycles. The van der Waals surface area contributed by atoms with Crippen molar-refractivity contribution in [1.29, 1.82) is 0 Å². The molecule has 7 heteroatoms. The van der Waals surface area contributed by atoms with Crippen molar-refractivity contribution in [3.8, 4) is 0 Å². The van der Waals surface area contributed by atoms with Crippen molar-refractivity contribution < 1.29 is 13.5 Å². The van der Waals surface area contributed by atoms with E-state index >= 15 is 0 Å². The lowest BCUT2D eigenvalue weighted by Crippen LogP contribution is -2.41. The number of benzene rings is 1. The highest BCUT2D eigenvalue weighted by molar-refractivity contribution is 7.91. The second kappa shape index (κ2) is 5.58. The fourth-order valence-electron chi connectivity index (χ4n) is 2.13. The van der Waals surface area contributed by atoms with Crippen molar-refractivity contribution in [3.63, 3.8) is 0 Å². The van der Waals surface area contributed by atoms with E-state index in [0.29, 0.717) is 16.6 Å². The van der Waals surface area contributed by atoms with Crippen LogP contribution in [0.5, 0.6) is 0 Å². The molecule has 2 rings (SSSR count). The van der Waals surface area contributed by atoms with Gasteiger partial charge in [0.15, 0.2) is 9.84 Å². The predicted molar refractivity (Wildman–Crippen MR) is 76.4 cm³/mol. The van der Waals surface area contributed by atoms with E-state index < -0.39 is 15.4 Å². The average Bonchev–Trinajstić information content (AvgIpc) is 2.57. The Morgan fingerprint density at radius 2 is 2.11 bits per heavy atom. The molecule has 0 amide bonds. The Bertz CT molecular complexity index is 576. The molecule has 1 atom stereocenters. The summed E-state index contributed by atoms with van der Waals surface area (Å²) in [4.78, 5) is 0. The van der Waals surface area contributed by atoms with Gasteiger partial charge in [-0.3, -0.25) is 0 Å². The van der Waals surface area contributed by atoms with Gasteiger partial charge in [0.05, 0.1) is 17.1 Å². The number of hydrogen-bond donors (Lipinski definition) is 2. The molecule has 1 aromatic rings. The molecule has 1 aromatic carbocycles. The van der Waals surface area contributed by atoms with Crippen LogP contribution in [0.1, 0.15) is 12.0 Å². The van der Waals surface area contributed by atoms with Crippen LogP contribution in [-0.2, 0) is 16.4 Å². The quantitative estimate of drug-likeness (QED) is 0.883. The summed E-state index contributed by atoms with van der Waals surface area (Å²) in [7, 11) is -3.10. The Kier molecular flexibility index (Phi) is 4.42. The van der Waals surface area contributed by atoms with E-state index in [9.17, 15) is 13.5 Å². The van der Waals surface area contributed by atoms with E-state index in [1.807, 2.05) is 0 Å². The average molecular weight is 324 g/mol. The molecule has 0 saturated carbocycles. The summed E-state index contributed by atoms with van der Waals surface area (Å²) in [6.07, 6.45) is 0.274. The van der Waals surface area contributed by atoms with E-state index in [1.165, 1.54) is 0 Å². The standard InChI is InChI=1S/C12H15Cl2NO3S/c13-10-2-1-9(11(14)5-10)6-15-7-12(16)3-4-19(17,18)8-12/h1-2,5,15-16H,3-4,6-8H2. The Balaban J connectivity index is 1.90. The molecule has 19 heavy (non-hydrogen) atoms. The highest BCUT2D eigenvalue weighted by Crippen LogP contribution is 2.24. The zero-order chi connectivity index (χ0) is 14.1. The molecule has 1 fully saturated rings. The molecular weight excluding hydrogens is 309 g/mol. The minimum absolute atomic E-state index is 0.0485. The first kappa shape index (κ1) is 15.1. The fourth-order valence-corrected chi connectivity index (χ4v) is 4.51. The van der Waals surface area contributed by atoms with Crippen molar-refractivity contribution in [2.75, 3.05) is 18.1 Å². The van der Waals surface area contributed by atoms with Gasteiger partial charge in [0, 0.05) is 23.1 Å². The summed E-state index contributed by atoms with van der Waals surface area (Å²) >= 11 is 11.8. The summed E-state index contributed by atoms with van der Waals surface area (Å²) in [6.45, 7) is 0.684. The number of sulfone groups is 1. The first-order valence-electron chi connectivity index (χ1n) is 5.87. The van der Waals surface area contributed by atoms with Crippen LogP contribution in [0.2, 0.25) is 10.0 Å². The van der Waals surface area contributed by atoms with Crippen LogP contribution >= 0.6 is 23.2 Å². The SMILES string of the molecule is O=S1(=O)CCC(O)(CNCc2ccc(Cl)cc2Cl)C1. The van der Waals surface area contributed by atoms with Crippen molar-refractivity contribution in [1.82, 2.24) is 5.32 Å². The van der Waals surface area contributed by atoms with Gasteiger partial charge < -0.3 is 10.4 Å². The first-order valence-corrected chi connectivity index (χ1v) is 8.45. The third-order valence-electron chi connectivity index (χ3n) is 3.15. The number of aliphatic hydroxyl groups is 1. The summed E-state index contributed by atoms with van der Waals surface area (Å²) in [5, 5.41) is 14.3. The van der Waals surface area contributed by atoms with Gasteiger partial charge in [-0.1, -0.05) is 29.3 Å². The summed E-state index contributed by atoms with van der Waals surface area (Å²) < 4.78 is 22.7. The third kappa shape index (κ3) is 4.07. The lowest BCUT2D eigenvalue weighted by molar-refractivity contribution is 0.0670. The highest BCUT2D eigenvalue weighted by atomic mass is 35.5. The lowest BCUT2D eigenvalue weighted by Gasteiger charge is -2.21. The summed E-state index contributed by atoms with van der Waals surface area (Å²) in [5.74, 6) is -0.131. The maximum Gasteiger partial charge on any atom is 0.153 e. The van der Waals surface area contributed by atoms with Gasteiger partial charge in [-0.15, -0.1) is 0 Å². The Hall–Kier alpha value is -0.330. The second-order valence-corrected chi connectivity index (χ2v) is 7.93. The van der Waals surface area contributed by atoms with Gasteiger partial charge in [-0.05, 0) is 24.1 Å². The highest BCUT2D eigenvalue weighted by Gasteiger charge is 2.40. The van der Waals surface area contributed by atoms with E-state index in [1.54, 1.807) is 18.2 Å². The molecule has 1 unspecified atom stereocenters. The van der Waals surface area contributed by atoms with Crippen molar-refractivity contribution in [2.45, 2.75) is 18.6 Å². The molecule has 0 aliphatic carbocycles. The molecule has 0 spiro atoms. The molecule has 4 nitrogen and oxygen atoms in total. The minimum Gasteiger partial charge on any atom is -0.387 e. The Morgan fingerprint density at radius 1 is 1.37 bits per heavy atom. The second-order valence-electron chi connectivity index (χ2n) is 4.91. The molecule has 0 bridgehead atoms. The number of nitrogens with one attached hydrogen (secondary N) is 1. The molecule has 2 N–H and O–H groups in total. The number of rotatable bonds is 4. The molecule has 1 aliphatic heterocycles. The predicted octanol–water partition coefficient (Wildman–Crippen LogP) is 1.63. The molecule has 1 saturated heterocycles. The van der Waals surface area contributed by atoms with Crippen LogP contribution in [0.15, 0.2) is 18.2 Å². The van der Waals surface area contributed by atoms with E-state index in [4.69, 9.17) is 23.2 Å². The number of hydrogen-bond acceptors (Lipinski definition) is 4. The first-order chi connectivity index (χ1) is 8.80. The normalized spacial score (nSPS) is 25.6. The van der Waals surface area contributed by atoms with Crippen LogP contribution in [0.4, 0.5) is 0 Å². The van der Waals surface area contributed by atoms with Crippen molar-refractivity contribution in [3.05, 3.63) is 33.8 Å². The van der Waals surface area contributed by atoms with Crippen LogP contribution in [0, 0.1) is 0 Å². The van der Waals surface area contributed by atoms with E-state index in [2.05, 4.69) is 5.32 Å². The minimum atomic E-state index is -3.10. The van der Waals surface area contributed by atoms with Gasteiger partial charge in [0.1, 0.15) is 0 Å². The van der Waals surface area contributed by atoms with Crippen LogP contribution in [0.25, 0.3) is 0 Å². The molecule has 1 heterocycles. The van der Waals surface area contributed by atoms with Gasteiger partial charge in [0.25, 0.3) is 0 Å². The fraction of sp³-hybridized carbons (Fsp3) is 0.500. The van der Waals surface area contributed by atoms with Crippen LogP contribution in [-0.4, -0.2) is 37.2 Å². The zero-order valence-electron chi connectivity index (χ0n) is 10.2. The smallest absolute Gasteiger partial charge is 0.153 e. The van der Waals surface area contributed by atoms with Gasteiger partial charge >= 0.3 is 0 Å². The Labute approximate surface area is 122 Å². The van der Waals surface area contributed by atoms with Gasteiger partial charge in [-0.2, -0.15) is 0 Å². The monoisotopic (exact) mass is 323 g/mol. The third-order valence-corrected chi connectivity index (χ3v) is 5.54. The van der Waals surface area contributed by atoms with Crippen molar-refractivity contribution in [2.24, 2.45) is 0 Å². The van der Waals surface area contributed by atoms with Gasteiger partial charge in [0.2, 0.25) is 0 Å². The molecule has 1 aliphatic rings. The van der Waals surface area contributed by atoms with Crippen LogP contribution < -0.4 is 5.32 Å². The topological polar surface area (TPSA) is 66.4 Å². The van der Waals surface area contributed by atoms with E-state index in [0.717, 1.165) is 5.56 Å². The lowest BCUT2D eigenvalue weighted by atomic mass is 10.0. The van der Waals surface area contributed by atoms with Crippen molar-refractivity contribution >= 4 is 33.0 Å².